The highest BCUT2D eigenvalue weighted by Crippen LogP contribution is 2.68. The maximum absolute atomic E-state index is 13.7. The van der Waals surface area contributed by atoms with Gasteiger partial charge in [-0.15, -0.1) is 0 Å². The van der Waals surface area contributed by atoms with Crippen LogP contribution in [0.5, 0.6) is 0 Å². The van der Waals surface area contributed by atoms with E-state index in [0.29, 0.717) is 11.8 Å². The average molecular weight is 532 g/mol. The predicted octanol–water partition coefficient (Wildman–Crippen LogP) is 5.45. The van der Waals surface area contributed by atoms with Crippen LogP contribution >= 0.6 is 0 Å². The number of hydrogen-bond donors (Lipinski definition) is 1. The molecule has 4 aliphatic carbocycles. The first-order valence-electron chi connectivity index (χ1n) is 15.6. The Morgan fingerprint density at radius 1 is 1.08 bits per heavy atom. The van der Waals surface area contributed by atoms with Gasteiger partial charge in [-0.2, -0.15) is 0 Å². The van der Waals surface area contributed by atoms with Gasteiger partial charge in [0.25, 0.3) is 0 Å². The lowest BCUT2D eigenvalue weighted by Crippen LogP contribution is -2.55. The van der Waals surface area contributed by atoms with Crippen molar-refractivity contribution in [1.82, 2.24) is 15.1 Å². The van der Waals surface area contributed by atoms with Crippen LogP contribution in [0.2, 0.25) is 0 Å². The first kappa shape index (κ1) is 27.1. The lowest BCUT2D eigenvalue weighted by Gasteiger charge is -2.58. The molecule has 1 N–H and O–H groups in total. The predicted molar refractivity (Wildman–Crippen MR) is 156 cm³/mol. The van der Waals surface area contributed by atoms with E-state index in [-0.39, 0.29) is 23.3 Å². The van der Waals surface area contributed by atoms with E-state index in [1.165, 1.54) is 52.0 Å². The molecule has 1 aromatic rings. The summed E-state index contributed by atoms with van der Waals surface area (Å²) in [4.78, 5) is 30.3. The van der Waals surface area contributed by atoms with Gasteiger partial charge in [0.1, 0.15) is 6.04 Å². The number of allylic oxidation sites excluding steroid dienone is 1. The zero-order valence-corrected chi connectivity index (χ0v) is 24.8. The van der Waals surface area contributed by atoms with Crippen LogP contribution in [0.3, 0.4) is 0 Å². The van der Waals surface area contributed by atoms with Crippen molar-refractivity contribution in [3.05, 3.63) is 47.5 Å². The smallest absolute Gasteiger partial charge is 0.245 e. The van der Waals surface area contributed by atoms with E-state index in [4.69, 9.17) is 0 Å². The van der Waals surface area contributed by atoms with Gasteiger partial charge in [0.15, 0.2) is 0 Å². The first-order valence-corrected chi connectivity index (χ1v) is 15.6. The van der Waals surface area contributed by atoms with Gasteiger partial charge in [-0.05, 0) is 105 Å². The Balaban J connectivity index is 1.17. The van der Waals surface area contributed by atoms with Gasteiger partial charge in [0.05, 0.1) is 0 Å². The molecule has 0 bridgehead atoms. The average Bonchev–Trinajstić information content (AvgIpc) is 3.40. The SMILES string of the molecule is CC(=O)N[C@@H](Cc1ccccc1)C(=O)N(C)[C@H]1CC[C@@]2(C)C(=CC[C@@H]3C2CC[C@]24CN(C)[C@@H](C)[C@H]2CC[C@@H]34)C1. The summed E-state index contributed by atoms with van der Waals surface area (Å²) in [5, 5.41) is 2.95. The van der Waals surface area contributed by atoms with Crippen molar-refractivity contribution < 1.29 is 9.59 Å². The quantitative estimate of drug-likeness (QED) is 0.514. The summed E-state index contributed by atoms with van der Waals surface area (Å²) >= 11 is 0. The first-order chi connectivity index (χ1) is 18.6. The van der Waals surface area contributed by atoms with E-state index < -0.39 is 6.04 Å². The number of likely N-dealkylation sites (tertiary alicyclic amines) is 1. The number of carbonyl (C=O) groups excluding carboxylic acids is 2. The molecule has 2 amide bonds. The summed E-state index contributed by atoms with van der Waals surface area (Å²) in [6.45, 7) is 7.86. The van der Waals surface area contributed by atoms with Crippen LogP contribution in [0, 0.1) is 34.5 Å². The molecule has 1 aromatic carbocycles. The molecule has 1 spiro atoms. The number of fused-ring (bicyclic) bond motifs is 4. The summed E-state index contributed by atoms with van der Waals surface area (Å²) in [5.74, 6) is 3.30. The van der Waals surface area contributed by atoms with Crippen LogP contribution in [-0.4, -0.2) is 60.4 Å². The fraction of sp³-hybridized carbons (Fsp3) is 0.706. The van der Waals surface area contributed by atoms with Crippen molar-refractivity contribution in [3.8, 4) is 0 Å². The summed E-state index contributed by atoms with van der Waals surface area (Å²) in [7, 11) is 4.32. The number of likely N-dealkylation sites (N-methyl/N-ethyl adjacent to an activating group) is 1. The molecular weight excluding hydrogens is 482 g/mol. The third-order valence-electron chi connectivity index (χ3n) is 12.5. The van der Waals surface area contributed by atoms with Crippen LogP contribution in [0.15, 0.2) is 42.0 Å². The van der Waals surface area contributed by atoms with Gasteiger partial charge in [0, 0.05) is 39.0 Å². The zero-order chi connectivity index (χ0) is 27.5. The molecule has 1 aliphatic heterocycles. The Bertz CT molecular complexity index is 1130. The van der Waals surface area contributed by atoms with E-state index in [9.17, 15) is 9.59 Å². The van der Waals surface area contributed by atoms with Gasteiger partial charge in [-0.25, -0.2) is 0 Å². The molecule has 0 radical (unpaired) electrons. The highest BCUT2D eigenvalue weighted by atomic mass is 16.2. The van der Waals surface area contributed by atoms with Crippen molar-refractivity contribution in [2.75, 3.05) is 20.6 Å². The van der Waals surface area contributed by atoms with Crippen molar-refractivity contribution >= 4 is 11.8 Å². The molecule has 1 unspecified atom stereocenters. The summed E-state index contributed by atoms with van der Waals surface area (Å²) in [6, 6.07) is 10.4. The van der Waals surface area contributed by atoms with Crippen molar-refractivity contribution in [2.45, 2.75) is 96.7 Å². The minimum atomic E-state index is -0.523. The van der Waals surface area contributed by atoms with Crippen molar-refractivity contribution in [1.29, 1.82) is 0 Å². The molecule has 0 aromatic heterocycles. The summed E-state index contributed by atoms with van der Waals surface area (Å²) in [6.07, 6.45) is 13.3. The van der Waals surface area contributed by atoms with Gasteiger partial charge in [0.2, 0.25) is 11.8 Å². The zero-order valence-electron chi connectivity index (χ0n) is 24.8. The van der Waals surface area contributed by atoms with Crippen LogP contribution in [0.25, 0.3) is 0 Å². The number of carbonyl (C=O) groups is 2. The van der Waals surface area contributed by atoms with E-state index in [1.807, 2.05) is 42.3 Å². The Morgan fingerprint density at radius 2 is 1.82 bits per heavy atom. The number of nitrogens with zero attached hydrogens (tertiary/aromatic N) is 2. The Kier molecular flexibility index (Phi) is 6.97. The number of nitrogens with one attached hydrogen (secondary N) is 1. The van der Waals surface area contributed by atoms with E-state index in [0.717, 1.165) is 48.1 Å². The molecule has 5 nitrogen and oxygen atoms in total. The molecule has 212 valence electrons. The Labute approximate surface area is 235 Å². The van der Waals surface area contributed by atoms with E-state index >= 15 is 0 Å². The lowest BCUT2D eigenvalue weighted by atomic mass is 9.47. The highest BCUT2D eigenvalue weighted by molar-refractivity contribution is 5.87. The fourth-order valence-electron chi connectivity index (χ4n) is 10.5. The number of hydrogen-bond acceptors (Lipinski definition) is 3. The van der Waals surface area contributed by atoms with Gasteiger partial charge in [-0.1, -0.05) is 48.9 Å². The summed E-state index contributed by atoms with van der Waals surface area (Å²) in [5.41, 5.74) is 3.53. The maximum Gasteiger partial charge on any atom is 0.245 e. The van der Waals surface area contributed by atoms with Crippen LogP contribution in [0.1, 0.15) is 77.7 Å². The molecule has 1 saturated heterocycles. The molecule has 39 heavy (non-hydrogen) atoms. The topological polar surface area (TPSA) is 52.7 Å². The molecular formula is C34H49N3O2. The monoisotopic (exact) mass is 531 g/mol. The lowest BCUT2D eigenvalue weighted by molar-refractivity contribution is -0.137. The standard InChI is InChI=1S/C34H49N3O2/c1-22-28-13-14-30-27-12-11-25-20-26(15-17-33(25,3)29(27)16-18-34(28,30)21-36(22)4)37(5)32(39)31(35-23(2)38)19-24-9-7-6-8-10-24/h6-11,22,26-31H,12-21H2,1-5H3,(H,35,38)/t22-,26-,27+,28+,29?,30-,31-,33-,34-/m0/s1. The fourth-order valence-corrected chi connectivity index (χ4v) is 10.5. The normalized spacial score (nSPS) is 40.0. The molecule has 5 heteroatoms. The Hall–Kier alpha value is -2.14. The van der Waals surface area contributed by atoms with Crippen LogP contribution in [-0.2, 0) is 16.0 Å². The number of rotatable bonds is 5. The molecule has 4 fully saturated rings. The van der Waals surface area contributed by atoms with Crippen molar-refractivity contribution in [2.24, 2.45) is 34.5 Å². The van der Waals surface area contributed by atoms with Gasteiger partial charge < -0.3 is 15.1 Å². The highest BCUT2D eigenvalue weighted by Gasteiger charge is 2.64. The van der Waals surface area contributed by atoms with E-state index in [1.54, 1.807) is 5.57 Å². The second-order valence-corrected chi connectivity index (χ2v) is 14.2. The molecule has 5 aliphatic rings. The van der Waals surface area contributed by atoms with Gasteiger partial charge >= 0.3 is 0 Å². The van der Waals surface area contributed by atoms with Gasteiger partial charge in [-0.3, -0.25) is 9.59 Å². The second kappa shape index (κ2) is 10.0. The third-order valence-corrected chi connectivity index (χ3v) is 12.5. The second-order valence-electron chi connectivity index (χ2n) is 14.2. The summed E-state index contributed by atoms with van der Waals surface area (Å²) < 4.78 is 0. The number of amides is 2. The largest absolute Gasteiger partial charge is 0.344 e. The van der Waals surface area contributed by atoms with E-state index in [2.05, 4.69) is 37.2 Å². The molecule has 6 rings (SSSR count). The minimum Gasteiger partial charge on any atom is -0.344 e. The van der Waals surface area contributed by atoms with Crippen LogP contribution in [0.4, 0.5) is 0 Å². The Morgan fingerprint density at radius 3 is 2.56 bits per heavy atom. The maximum atomic E-state index is 13.7. The van der Waals surface area contributed by atoms with Crippen LogP contribution < -0.4 is 5.32 Å². The molecule has 9 atom stereocenters. The molecule has 3 saturated carbocycles. The number of benzene rings is 1. The minimum absolute atomic E-state index is 0.0352. The van der Waals surface area contributed by atoms with Crippen molar-refractivity contribution in [3.63, 3.8) is 0 Å². The third kappa shape index (κ3) is 4.38. The molecule has 1 heterocycles.